The number of morpholine rings is 1. The van der Waals surface area contributed by atoms with Crippen molar-refractivity contribution in [1.82, 2.24) is 20.2 Å². The van der Waals surface area contributed by atoms with Crippen LogP contribution < -0.4 is 15.5 Å². The lowest BCUT2D eigenvalue weighted by Crippen LogP contribution is -2.40. The van der Waals surface area contributed by atoms with Crippen LogP contribution in [0.2, 0.25) is 0 Å². The van der Waals surface area contributed by atoms with Crippen LogP contribution in [0.1, 0.15) is 31.9 Å². The molecule has 0 bridgehead atoms. The minimum Gasteiger partial charge on any atom is -0.503 e. The molecule has 0 atom stereocenters. The first-order chi connectivity index (χ1) is 20.7. The molecule has 228 valence electrons. The number of aromatic hydroxyl groups is 1. The van der Waals surface area contributed by atoms with Crippen LogP contribution in [0, 0.1) is 11.3 Å². The molecule has 4 rings (SSSR count). The summed E-state index contributed by atoms with van der Waals surface area (Å²) in [4.78, 5) is 37.4. The quantitative estimate of drug-likeness (QED) is 0.250. The Hall–Kier alpha value is -4.58. The Bertz CT molecular complexity index is 1410. The van der Waals surface area contributed by atoms with E-state index in [1.807, 2.05) is 4.90 Å². The molecule has 0 saturated carbocycles. The number of likely N-dealkylation sites (tertiary alicyclic amines) is 1. The van der Waals surface area contributed by atoms with Gasteiger partial charge in [-0.15, -0.1) is 0 Å². The third kappa shape index (κ3) is 8.04. The van der Waals surface area contributed by atoms with Crippen LogP contribution in [0.25, 0.3) is 11.4 Å². The second-order valence-electron chi connectivity index (χ2n) is 10.4. The third-order valence-corrected chi connectivity index (χ3v) is 7.45. The Morgan fingerprint density at radius 3 is 2.44 bits per heavy atom. The maximum atomic E-state index is 13.4. The van der Waals surface area contributed by atoms with E-state index in [0.717, 1.165) is 0 Å². The fraction of sp³-hybridized carbons (Fsp3) is 0.387. The first kappa shape index (κ1) is 31.4. The zero-order valence-electron chi connectivity index (χ0n) is 24.5. The van der Waals surface area contributed by atoms with Crippen molar-refractivity contribution in [2.45, 2.75) is 26.2 Å². The van der Waals surface area contributed by atoms with Gasteiger partial charge in [0.15, 0.2) is 17.4 Å². The molecule has 3 heterocycles. The standard InChI is InChI=1S/C31H38FN7O4/c1-4-23(32)8-5-20(2)19-25(40)38-13-11-21(12-14-38)26(33)27-28(41)30(39-15-17-43-18-16-39)37-29(36-27)22-6-9-24(10-7-22)35-31(42)34-3/h4-10,21,33,41H,2,11-19H2,1,3H3,(H2,34,35,42)/b8-5-,23-4+,33-26?. The second-order valence-corrected chi connectivity index (χ2v) is 10.4. The number of urea groups is 1. The molecule has 2 aliphatic rings. The first-order valence-electron chi connectivity index (χ1n) is 14.3. The van der Waals surface area contributed by atoms with Gasteiger partial charge in [-0.25, -0.2) is 19.2 Å². The lowest BCUT2D eigenvalue weighted by Gasteiger charge is -2.33. The predicted molar refractivity (Wildman–Crippen MR) is 164 cm³/mol. The zero-order chi connectivity index (χ0) is 30.9. The number of halogens is 1. The minimum atomic E-state index is -0.393. The van der Waals surface area contributed by atoms with Crippen LogP contribution >= 0.6 is 0 Å². The maximum absolute atomic E-state index is 13.4. The topological polar surface area (TPSA) is 144 Å². The SMILES string of the molecule is C=C(/C=C\C(F)=C/C)CC(=O)N1CCC(C(=N)c2nc(-c3ccc(NC(=O)NC)cc3)nc(N3CCOCC3)c2O)CC1. The molecule has 1 aromatic heterocycles. The van der Waals surface area contributed by atoms with Crippen molar-refractivity contribution in [1.29, 1.82) is 5.41 Å². The van der Waals surface area contributed by atoms with Crippen LogP contribution in [0.3, 0.4) is 0 Å². The highest BCUT2D eigenvalue weighted by Gasteiger charge is 2.30. The highest BCUT2D eigenvalue weighted by atomic mass is 19.1. The van der Waals surface area contributed by atoms with Crippen LogP contribution in [0.15, 0.2) is 60.5 Å². The number of hydrogen-bond acceptors (Lipinski definition) is 8. The summed E-state index contributed by atoms with van der Waals surface area (Å²) in [7, 11) is 1.53. The summed E-state index contributed by atoms with van der Waals surface area (Å²) in [5, 5.41) is 25.6. The molecule has 4 N–H and O–H groups in total. The number of nitrogens with one attached hydrogen (secondary N) is 3. The summed E-state index contributed by atoms with van der Waals surface area (Å²) >= 11 is 0. The first-order valence-corrected chi connectivity index (χ1v) is 14.3. The lowest BCUT2D eigenvalue weighted by molar-refractivity contribution is -0.131. The summed E-state index contributed by atoms with van der Waals surface area (Å²) in [6, 6.07) is 6.67. The van der Waals surface area contributed by atoms with E-state index in [9.17, 15) is 19.1 Å². The van der Waals surface area contributed by atoms with Crippen molar-refractivity contribution in [2.75, 3.05) is 56.7 Å². The largest absolute Gasteiger partial charge is 0.503 e. The molecule has 0 radical (unpaired) electrons. The van der Waals surface area contributed by atoms with Gasteiger partial charge in [-0.3, -0.25) is 4.79 Å². The number of benzene rings is 1. The Morgan fingerprint density at radius 2 is 1.81 bits per heavy atom. The molecule has 11 nitrogen and oxygen atoms in total. The van der Waals surface area contributed by atoms with Gasteiger partial charge in [0, 0.05) is 50.4 Å². The molecule has 2 saturated heterocycles. The number of amides is 3. The number of aromatic nitrogens is 2. The summed E-state index contributed by atoms with van der Waals surface area (Å²) < 4.78 is 18.8. The highest BCUT2D eigenvalue weighted by Crippen LogP contribution is 2.34. The summed E-state index contributed by atoms with van der Waals surface area (Å²) in [6.45, 7) is 8.39. The van der Waals surface area contributed by atoms with Gasteiger partial charge in [0.05, 0.1) is 25.3 Å². The van der Waals surface area contributed by atoms with Crippen molar-refractivity contribution >= 4 is 29.2 Å². The molecular weight excluding hydrogens is 553 g/mol. The summed E-state index contributed by atoms with van der Waals surface area (Å²) in [5.74, 6) is -0.175. The van der Waals surface area contributed by atoms with E-state index in [1.165, 1.54) is 25.3 Å². The van der Waals surface area contributed by atoms with E-state index in [0.29, 0.717) is 80.7 Å². The number of allylic oxidation sites excluding steroid dienone is 4. The molecular formula is C31H38FN7O4. The van der Waals surface area contributed by atoms with E-state index in [4.69, 9.17) is 10.1 Å². The van der Waals surface area contributed by atoms with Crippen LogP contribution in [-0.2, 0) is 9.53 Å². The predicted octanol–water partition coefficient (Wildman–Crippen LogP) is 4.42. The molecule has 43 heavy (non-hydrogen) atoms. The highest BCUT2D eigenvalue weighted by molar-refractivity contribution is 6.02. The lowest BCUT2D eigenvalue weighted by atomic mass is 9.89. The average molecular weight is 592 g/mol. The van der Waals surface area contributed by atoms with Crippen molar-refractivity contribution in [3.05, 3.63) is 66.2 Å². The number of carbonyl (C=O) groups is 2. The molecule has 0 spiro atoms. The maximum Gasteiger partial charge on any atom is 0.318 e. The van der Waals surface area contributed by atoms with Gasteiger partial charge in [0.25, 0.3) is 0 Å². The van der Waals surface area contributed by atoms with Crippen molar-refractivity contribution < 1.29 is 23.8 Å². The van der Waals surface area contributed by atoms with Gasteiger partial charge in [0.2, 0.25) is 5.91 Å². The van der Waals surface area contributed by atoms with Gasteiger partial charge in [-0.05, 0) is 55.7 Å². The van der Waals surface area contributed by atoms with E-state index >= 15 is 0 Å². The van der Waals surface area contributed by atoms with Gasteiger partial charge >= 0.3 is 6.03 Å². The Labute approximate surface area is 250 Å². The van der Waals surface area contributed by atoms with Gasteiger partial charge < -0.3 is 35.7 Å². The summed E-state index contributed by atoms with van der Waals surface area (Å²) in [6.07, 6.45) is 5.27. The normalized spacial score (nSPS) is 16.3. The number of ether oxygens (including phenoxy) is 1. The Balaban J connectivity index is 1.52. The number of rotatable bonds is 9. The molecule has 0 unspecified atom stereocenters. The number of piperidine rings is 1. The second kappa shape index (κ2) is 14.5. The Morgan fingerprint density at radius 1 is 1.14 bits per heavy atom. The fourth-order valence-corrected chi connectivity index (χ4v) is 4.92. The number of hydrogen-bond donors (Lipinski definition) is 4. The fourth-order valence-electron chi connectivity index (χ4n) is 4.92. The molecule has 2 aliphatic heterocycles. The van der Waals surface area contributed by atoms with E-state index in [2.05, 4.69) is 27.2 Å². The zero-order valence-corrected chi connectivity index (χ0v) is 24.5. The Kier molecular flexibility index (Phi) is 10.6. The van der Waals surface area contributed by atoms with Gasteiger partial charge in [-0.2, -0.15) is 0 Å². The smallest absolute Gasteiger partial charge is 0.318 e. The van der Waals surface area contributed by atoms with E-state index in [-0.39, 0.29) is 41.4 Å². The van der Waals surface area contributed by atoms with Crippen LogP contribution in [-0.4, -0.2) is 84.1 Å². The molecule has 12 heteroatoms. The number of anilines is 2. The van der Waals surface area contributed by atoms with Crippen molar-refractivity contribution in [2.24, 2.45) is 5.92 Å². The van der Waals surface area contributed by atoms with Crippen LogP contribution in [0.4, 0.5) is 20.7 Å². The molecule has 3 amide bonds. The third-order valence-electron chi connectivity index (χ3n) is 7.45. The monoisotopic (exact) mass is 591 g/mol. The summed E-state index contributed by atoms with van der Waals surface area (Å²) in [5.41, 5.74) is 2.12. The minimum absolute atomic E-state index is 0.0893. The van der Waals surface area contributed by atoms with Crippen molar-refractivity contribution in [3.63, 3.8) is 0 Å². The van der Waals surface area contributed by atoms with Gasteiger partial charge in [-0.1, -0.05) is 18.7 Å². The van der Waals surface area contributed by atoms with Crippen LogP contribution in [0.5, 0.6) is 5.75 Å². The number of nitrogens with zero attached hydrogens (tertiary/aromatic N) is 4. The molecule has 2 aromatic rings. The average Bonchev–Trinajstić information content (AvgIpc) is 3.04. The van der Waals surface area contributed by atoms with E-state index in [1.54, 1.807) is 36.1 Å². The number of carbonyl (C=O) groups excluding carboxylic acids is 2. The van der Waals surface area contributed by atoms with Gasteiger partial charge in [0.1, 0.15) is 11.5 Å². The molecule has 1 aromatic carbocycles. The van der Waals surface area contributed by atoms with Crippen molar-refractivity contribution in [3.8, 4) is 17.1 Å². The van der Waals surface area contributed by atoms with E-state index < -0.39 is 5.83 Å². The molecule has 2 fully saturated rings. The molecule has 0 aliphatic carbocycles.